The Morgan fingerprint density at radius 1 is 1.27 bits per heavy atom. The van der Waals surface area contributed by atoms with E-state index in [-0.39, 0.29) is 23.4 Å². The van der Waals surface area contributed by atoms with Crippen LogP contribution in [0.25, 0.3) is 6.08 Å². The lowest BCUT2D eigenvalue weighted by atomic mass is 9.80. The molecule has 0 aliphatic carbocycles. The predicted octanol–water partition coefficient (Wildman–Crippen LogP) is 2.67. The van der Waals surface area contributed by atoms with E-state index in [2.05, 4.69) is 4.98 Å². The average molecular weight is 319 g/mol. The van der Waals surface area contributed by atoms with Crippen LogP contribution < -0.4 is 5.46 Å². The first-order chi connectivity index (χ1) is 10.2. The van der Waals surface area contributed by atoms with Crippen LogP contribution in [0.4, 0.5) is 0 Å². The molecule has 4 nitrogen and oxygen atoms in total. The Balaban J connectivity index is 2.00. The highest BCUT2D eigenvalue weighted by atomic mass is 32.2. The molecule has 0 radical (unpaired) electrons. The second kappa shape index (κ2) is 6.56. The summed E-state index contributed by atoms with van der Waals surface area (Å²) in [7, 11) is -0.385. The number of rotatable bonds is 4. The summed E-state index contributed by atoms with van der Waals surface area (Å²) in [5.74, 6) is 0.663. The first-order valence-corrected chi connectivity index (χ1v) is 8.31. The van der Waals surface area contributed by atoms with Gasteiger partial charge in [0.2, 0.25) is 0 Å². The van der Waals surface area contributed by atoms with E-state index in [1.165, 1.54) is 11.8 Å². The van der Waals surface area contributed by atoms with Gasteiger partial charge in [0.25, 0.3) is 0 Å². The van der Waals surface area contributed by atoms with Gasteiger partial charge in [-0.05, 0) is 39.8 Å². The van der Waals surface area contributed by atoms with Crippen LogP contribution in [0.3, 0.4) is 0 Å². The van der Waals surface area contributed by atoms with Crippen LogP contribution in [-0.4, -0.2) is 34.2 Å². The summed E-state index contributed by atoms with van der Waals surface area (Å²) >= 11 is 1.28. The lowest BCUT2D eigenvalue weighted by molar-refractivity contribution is -0.109. The van der Waals surface area contributed by atoms with E-state index >= 15 is 0 Å². The SMILES string of the molecule is CC(=O)SCC=Cc1ccc(B2OC(C)(C)C(C)(C)O2)cn1. The first kappa shape index (κ1) is 17.3. The summed E-state index contributed by atoms with van der Waals surface area (Å²) in [6, 6.07) is 3.89. The Bertz CT molecular complexity index is 553. The Morgan fingerprint density at radius 2 is 1.91 bits per heavy atom. The molecule has 2 rings (SSSR count). The molecule has 2 heterocycles. The monoisotopic (exact) mass is 319 g/mol. The van der Waals surface area contributed by atoms with Crippen LogP contribution in [0.1, 0.15) is 40.3 Å². The zero-order chi connectivity index (χ0) is 16.4. The highest BCUT2D eigenvalue weighted by Gasteiger charge is 2.51. The van der Waals surface area contributed by atoms with Gasteiger partial charge in [0.15, 0.2) is 5.12 Å². The zero-order valence-corrected chi connectivity index (χ0v) is 14.6. The quantitative estimate of drug-likeness (QED) is 0.799. The second-order valence-electron chi connectivity index (χ2n) is 6.31. The topological polar surface area (TPSA) is 48.4 Å². The normalized spacial score (nSPS) is 19.8. The van der Waals surface area contributed by atoms with E-state index in [4.69, 9.17) is 9.31 Å². The molecular weight excluding hydrogens is 297 g/mol. The minimum absolute atomic E-state index is 0.119. The lowest BCUT2D eigenvalue weighted by Gasteiger charge is -2.32. The molecule has 0 bridgehead atoms. The third kappa shape index (κ3) is 4.00. The van der Waals surface area contributed by atoms with Gasteiger partial charge < -0.3 is 9.31 Å². The van der Waals surface area contributed by atoms with Crippen molar-refractivity contribution >= 4 is 35.5 Å². The maximum atomic E-state index is 10.8. The smallest absolute Gasteiger partial charge is 0.399 e. The van der Waals surface area contributed by atoms with Crippen molar-refractivity contribution in [3.05, 3.63) is 30.1 Å². The van der Waals surface area contributed by atoms with Crippen molar-refractivity contribution in [3.63, 3.8) is 0 Å². The minimum atomic E-state index is -0.385. The average Bonchev–Trinajstić information content (AvgIpc) is 2.64. The van der Waals surface area contributed by atoms with Gasteiger partial charge in [-0.15, -0.1) is 0 Å². The Morgan fingerprint density at radius 3 is 2.41 bits per heavy atom. The number of carbonyl (C=O) groups is 1. The maximum absolute atomic E-state index is 10.8. The van der Waals surface area contributed by atoms with Gasteiger partial charge in [-0.25, -0.2) is 0 Å². The first-order valence-electron chi connectivity index (χ1n) is 7.33. The fourth-order valence-corrected chi connectivity index (χ4v) is 2.40. The predicted molar refractivity (Wildman–Crippen MR) is 92.1 cm³/mol. The molecule has 6 heteroatoms. The molecular formula is C16H22BNO3S. The number of aromatic nitrogens is 1. The van der Waals surface area contributed by atoms with Crippen LogP contribution >= 0.6 is 11.8 Å². The molecule has 0 aromatic carbocycles. The van der Waals surface area contributed by atoms with Crippen molar-refractivity contribution in [2.75, 3.05) is 5.75 Å². The largest absolute Gasteiger partial charge is 0.496 e. The molecule has 22 heavy (non-hydrogen) atoms. The van der Waals surface area contributed by atoms with Gasteiger partial charge in [0.05, 0.1) is 16.9 Å². The van der Waals surface area contributed by atoms with Crippen molar-refractivity contribution in [2.24, 2.45) is 0 Å². The van der Waals surface area contributed by atoms with Crippen LogP contribution in [-0.2, 0) is 14.1 Å². The van der Waals surface area contributed by atoms with Crippen LogP contribution in [0.15, 0.2) is 24.4 Å². The van der Waals surface area contributed by atoms with Crippen LogP contribution in [0.2, 0.25) is 0 Å². The van der Waals surface area contributed by atoms with E-state index < -0.39 is 0 Å². The Hall–Kier alpha value is -1.11. The van der Waals surface area contributed by atoms with E-state index in [1.54, 1.807) is 13.1 Å². The lowest BCUT2D eigenvalue weighted by Crippen LogP contribution is -2.41. The summed E-state index contributed by atoms with van der Waals surface area (Å²) in [6.45, 7) is 9.69. The number of nitrogens with zero attached hydrogens (tertiary/aromatic N) is 1. The van der Waals surface area contributed by atoms with Crippen molar-refractivity contribution in [3.8, 4) is 0 Å². The van der Waals surface area contributed by atoms with Crippen molar-refractivity contribution in [1.29, 1.82) is 0 Å². The zero-order valence-electron chi connectivity index (χ0n) is 13.8. The number of hydrogen-bond donors (Lipinski definition) is 0. The van der Waals surface area contributed by atoms with Crippen LogP contribution in [0.5, 0.6) is 0 Å². The molecule has 1 aromatic heterocycles. The molecule has 0 atom stereocenters. The van der Waals surface area contributed by atoms with Gasteiger partial charge >= 0.3 is 7.12 Å². The molecule has 1 aromatic rings. The number of hydrogen-bond acceptors (Lipinski definition) is 5. The highest BCUT2D eigenvalue weighted by Crippen LogP contribution is 2.36. The van der Waals surface area contributed by atoms with E-state index in [9.17, 15) is 4.79 Å². The third-order valence-electron chi connectivity index (χ3n) is 4.01. The summed E-state index contributed by atoms with van der Waals surface area (Å²) < 4.78 is 12.0. The van der Waals surface area contributed by atoms with Gasteiger partial charge in [-0.1, -0.05) is 23.9 Å². The molecule has 118 valence electrons. The van der Waals surface area contributed by atoms with E-state index in [1.807, 2.05) is 52.0 Å². The van der Waals surface area contributed by atoms with Gasteiger partial charge in [0, 0.05) is 24.3 Å². The molecule has 0 amide bonds. The molecule has 1 saturated heterocycles. The third-order valence-corrected chi connectivity index (χ3v) is 4.77. The maximum Gasteiger partial charge on any atom is 0.496 e. The second-order valence-corrected chi connectivity index (χ2v) is 7.51. The molecule has 0 spiro atoms. The Kier molecular flexibility index (Phi) is 5.15. The van der Waals surface area contributed by atoms with E-state index in [0.717, 1.165) is 11.2 Å². The summed E-state index contributed by atoms with van der Waals surface area (Å²) in [5.41, 5.74) is 1.07. The summed E-state index contributed by atoms with van der Waals surface area (Å²) in [5, 5.41) is 0.119. The highest BCUT2D eigenvalue weighted by molar-refractivity contribution is 8.13. The number of carbonyl (C=O) groups excluding carboxylic acids is 1. The summed E-state index contributed by atoms with van der Waals surface area (Å²) in [6.07, 6.45) is 5.62. The van der Waals surface area contributed by atoms with Gasteiger partial charge in [-0.3, -0.25) is 9.78 Å². The van der Waals surface area contributed by atoms with Gasteiger partial charge in [-0.2, -0.15) is 0 Å². The van der Waals surface area contributed by atoms with Crippen LogP contribution in [0, 0.1) is 0 Å². The van der Waals surface area contributed by atoms with Crippen molar-refractivity contribution < 1.29 is 14.1 Å². The fraction of sp³-hybridized carbons (Fsp3) is 0.500. The molecule has 1 aliphatic heterocycles. The molecule has 0 N–H and O–H groups in total. The standard InChI is InChI=1S/C16H22BNO3S/c1-12(19)22-10-6-7-14-9-8-13(11-18-14)17-20-15(2,3)16(4,5)21-17/h6-9,11H,10H2,1-5H3. The number of thioether (sulfide) groups is 1. The van der Waals surface area contributed by atoms with Crippen molar-refractivity contribution in [1.82, 2.24) is 4.98 Å². The van der Waals surface area contributed by atoms with E-state index in [0.29, 0.717) is 5.75 Å². The van der Waals surface area contributed by atoms with Gasteiger partial charge in [0.1, 0.15) is 0 Å². The fourth-order valence-electron chi connectivity index (χ4n) is 1.97. The Labute approximate surface area is 136 Å². The molecule has 1 aliphatic rings. The molecule has 1 fully saturated rings. The van der Waals surface area contributed by atoms with Crippen molar-refractivity contribution in [2.45, 2.75) is 45.8 Å². The minimum Gasteiger partial charge on any atom is -0.399 e. The summed E-state index contributed by atoms with van der Waals surface area (Å²) in [4.78, 5) is 15.2. The number of pyridine rings is 1. The molecule has 0 saturated carbocycles. The molecule has 0 unspecified atom stereocenters.